The minimum absolute atomic E-state index is 0.00377. The Labute approximate surface area is 163 Å². The van der Waals surface area contributed by atoms with E-state index in [-0.39, 0.29) is 41.3 Å². The molecule has 8 heteroatoms. The van der Waals surface area contributed by atoms with E-state index in [9.17, 15) is 18.0 Å². The van der Waals surface area contributed by atoms with Crippen LogP contribution in [0.5, 0.6) is 0 Å². The van der Waals surface area contributed by atoms with Crippen molar-refractivity contribution in [2.45, 2.75) is 59.0 Å². The van der Waals surface area contributed by atoms with E-state index < -0.39 is 9.84 Å². The van der Waals surface area contributed by atoms with E-state index in [4.69, 9.17) is 0 Å². The molecule has 2 aliphatic rings. The number of carbonyl (C=O) groups excluding carboxylic acids is 2. The molecule has 2 atom stereocenters. The first-order chi connectivity index (χ1) is 12.6. The van der Waals surface area contributed by atoms with Gasteiger partial charge in [0.15, 0.2) is 9.84 Å². The van der Waals surface area contributed by atoms with Gasteiger partial charge in [-0.15, -0.1) is 0 Å². The van der Waals surface area contributed by atoms with Crippen LogP contribution in [0.1, 0.15) is 47.0 Å². The van der Waals surface area contributed by atoms with Gasteiger partial charge in [-0.1, -0.05) is 13.8 Å². The summed E-state index contributed by atoms with van der Waals surface area (Å²) in [4.78, 5) is 28.9. The summed E-state index contributed by atoms with van der Waals surface area (Å²) >= 11 is 0. The van der Waals surface area contributed by atoms with Gasteiger partial charge in [0.25, 0.3) is 0 Å². The Morgan fingerprint density at radius 2 is 1.78 bits per heavy atom. The lowest BCUT2D eigenvalue weighted by atomic mass is 9.95. The van der Waals surface area contributed by atoms with Crippen molar-refractivity contribution in [1.29, 1.82) is 0 Å². The molecule has 2 saturated heterocycles. The number of piperidine rings is 1. The summed E-state index contributed by atoms with van der Waals surface area (Å²) in [6.07, 6.45) is 2.06. The Balaban J connectivity index is 1.80. The highest BCUT2D eigenvalue weighted by atomic mass is 32.2. The molecule has 0 bridgehead atoms. The topological polar surface area (TPSA) is 86.8 Å². The SMILES string of the molecule is CCN(C(=O)CN1CCC(C(=O)NC(C)C(C)C)CC1)C1CCS(=O)(=O)C1. The molecule has 7 nitrogen and oxygen atoms in total. The molecule has 27 heavy (non-hydrogen) atoms. The first-order valence-corrected chi connectivity index (χ1v) is 12.0. The van der Waals surface area contributed by atoms with Gasteiger partial charge in [0.05, 0.1) is 18.1 Å². The molecule has 156 valence electrons. The molecular weight excluding hydrogens is 366 g/mol. The Morgan fingerprint density at radius 1 is 1.15 bits per heavy atom. The number of hydrogen-bond donors (Lipinski definition) is 1. The molecule has 0 saturated carbocycles. The van der Waals surface area contributed by atoms with Crippen molar-refractivity contribution in [3.63, 3.8) is 0 Å². The van der Waals surface area contributed by atoms with Crippen molar-refractivity contribution in [3.05, 3.63) is 0 Å². The van der Waals surface area contributed by atoms with Gasteiger partial charge in [-0.25, -0.2) is 8.42 Å². The fourth-order valence-electron chi connectivity index (χ4n) is 3.80. The van der Waals surface area contributed by atoms with E-state index >= 15 is 0 Å². The third kappa shape index (κ3) is 6.17. The second kappa shape index (κ2) is 9.37. The third-order valence-electron chi connectivity index (χ3n) is 6.00. The molecule has 2 amide bonds. The normalized spacial score (nSPS) is 24.7. The maximum absolute atomic E-state index is 12.7. The monoisotopic (exact) mass is 401 g/mol. The van der Waals surface area contributed by atoms with Crippen LogP contribution in [0.3, 0.4) is 0 Å². The van der Waals surface area contributed by atoms with Crippen LogP contribution in [0.4, 0.5) is 0 Å². The second-order valence-electron chi connectivity index (χ2n) is 8.33. The largest absolute Gasteiger partial charge is 0.353 e. The highest BCUT2D eigenvalue weighted by Crippen LogP contribution is 2.20. The van der Waals surface area contributed by atoms with Crippen LogP contribution in [0.2, 0.25) is 0 Å². The van der Waals surface area contributed by atoms with Crippen molar-refractivity contribution in [1.82, 2.24) is 15.1 Å². The fourth-order valence-corrected chi connectivity index (χ4v) is 5.53. The first kappa shape index (κ1) is 22.1. The Kier molecular flexibility index (Phi) is 7.68. The van der Waals surface area contributed by atoms with E-state index in [1.165, 1.54) is 0 Å². The molecule has 0 aromatic rings. The molecule has 1 N–H and O–H groups in total. The van der Waals surface area contributed by atoms with E-state index in [0.717, 1.165) is 25.9 Å². The van der Waals surface area contributed by atoms with Gasteiger partial charge in [0, 0.05) is 24.5 Å². The van der Waals surface area contributed by atoms with Gasteiger partial charge in [0.1, 0.15) is 0 Å². The van der Waals surface area contributed by atoms with Crippen LogP contribution in [0.15, 0.2) is 0 Å². The molecule has 0 spiro atoms. The third-order valence-corrected chi connectivity index (χ3v) is 7.75. The van der Waals surface area contributed by atoms with E-state index in [0.29, 0.717) is 25.4 Å². The number of hydrogen-bond acceptors (Lipinski definition) is 5. The molecule has 2 rings (SSSR count). The zero-order valence-electron chi connectivity index (χ0n) is 17.1. The Bertz CT molecular complexity index is 627. The number of likely N-dealkylation sites (N-methyl/N-ethyl adjacent to an activating group) is 1. The summed E-state index contributed by atoms with van der Waals surface area (Å²) < 4.78 is 23.4. The van der Waals surface area contributed by atoms with Crippen molar-refractivity contribution >= 4 is 21.7 Å². The van der Waals surface area contributed by atoms with Crippen molar-refractivity contribution in [2.24, 2.45) is 11.8 Å². The molecular formula is C19H35N3O4S. The minimum Gasteiger partial charge on any atom is -0.353 e. The van der Waals surface area contributed by atoms with E-state index in [2.05, 4.69) is 24.1 Å². The highest BCUT2D eigenvalue weighted by molar-refractivity contribution is 7.91. The van der Waals surface area contributed by atoms with Crippen LogP contribution in [-0.4, -0.2) is 79.8 Å². The average molecular weight is 402 g/mol. The van der Waals surface area contributed by atoms with Gasteiger partial charge in [0.2, 0.25) is 11.8 Å². The summed E-state index contributed by atoms with van der Waals surface area (Å²) in [7, 11) is -3.00. The number of sulfone groups is 1. The first-order valence-electron chi connectivity index (χ1n) is 10.2. The molecule has 2 fully saturated rings. The molecule has 2 aliphatic heterocycles. The Hall–Kier alpha value is -1.15. The van der Waals surface area contributed by atoms with Crippen molar-refractivity contribution < 1.29 is 18.0 Å². The molecule has 2 unspecified atom stereocenters. The predicted molar refractivity (Wildman–Crippen MR) is 106 cm³/mol. The average Bonchev–Trinajstić information content (AvgIpc) is 2.95. The molecule has 0 radical (unpaired) electrons. The molecule has 0 aromatic heterocycles. The number of nitrogens with one attached hydrogen (secondary N) is 1. The van der Waals surface area contributed by atoms with E-state index in [1.54, 1.807) is 4.90 Å². The smallest absolute Gasteiger partial charge is 0.237 e. The van der Waals surface area contributed by atoms with Gasteiger partial charge in [-0.3, -0.25) is 14.5 Å². The maximum atomic E-state index is 12.7. The van der Waals surface area contributed by atoms with Gasteiger partial charge in [-0.2, -0.15) is 0 Å². The second-order valence-corrected chi connectivity index (χ2v) is 10.6. The molecule has 2 heterocycles. The van der Waals surface area contributed by atoms with Gasteiger partial charge < -0.3 is 10.2 Å². The van der Waals surface area contributed by atoms with E-state index in [1.807, 2.05) is 13.8 Å². The maximum Gasteiger partial charge on any atom is 0.237 e. The Morgan fingerprint density at radius 3 is 2.26 bits per heavy atom. The number of rotatable bonds is 7. The van der Waals surface area contributed by atoms with Gasteiger partial charge >= 0.3 is 0 Å². The fraction of sp³-hybridized carbons (Fsp3) is 0.895. The predicted octanol–water partition coefficient (Wildman–Crippen LogP) is 0.895. The number of likely N-dealkylation sites (tertiary alicyclic amines) is 1. The lowest BCUT2D eigenvalue weighted by Gasteiger charge is -2.34. The zero-order valence-corrected chi connectivity index (χ0v) is 17.9. The van der Waals surface area contributed by atoms with Crippen LogP contribution in [0.25, 0.3) is 0 Å². The quantitative estimate of drug-likeness (QED) is 0.685. The summed E-state index contributed by atoms with van der Waals surface area (Å²) in [5.74, 6) is 0.801. The number of carbonyl (C=O) groups is 2. The highest BCUT2D eigenvalue weighted by Gasteiger charge is 2.35. The van der Waals surface area contributed by atoms with Crippen LogP contribution in [0, 0.1) is 11.8 Å². The summed E-state index contributed by atoms with van der Waals surface area (Å²) in [6, 6.07) is -0.0220. The molecule has 0 aliphatic carbocycles. The van der Waals surface area contributed by atoms with Crippen molar-refractivity contribution in [3.8, 4) is 0 Å². The minimum atomic E-state index is -3.00. The molecule has 0 aromatic carbocycles. The van der Waals surface area contributed by atoms with Crippen molar-refractivity contribution in [2.75, 3.05) is 37.7 Å². The summed E-state index contributed by atoms with van der Waals surface area (Å²) in [5, 5.41) is 3.09. The van der Waals surface area contributed by atoms with Crippen LogP contribution >= 0.6 is 0 Å². The lowest BCUT2D eigenvalue weighted by Crippen LogP contribution is -2.49. The lowest BCUT2D eigenvalue weighted by molar-refractivity contribution is -0.134. The van der Waals surface area contributed by atoms with Crippen LogP contribution < -0.4 is 5.32 Å². The number of amides is 2. The number of nitrogens with zero attached hydrogens (tertiary/aromatic N) is 2. The zero-order chi connectivity index (χ0) is 20.2. The van der Waals surface area contributed by atoms with Gasteiger partial charge in [-0.05, 0) is 52.1 Å². The summed E-state index contributed by atoms with van der Waals surface area (Å²) in [5.41, 5.74) is 0. The summed E-state index contributed by atoms with van der Waals surface area (Å²) in [6.45, 7) is 10.4. The standard InChI is InChI=1S/C19H35N3O4S/c1-5-22(17-8-11-27(25,26)13-17)18(23)12-21-9-6-16(7-10-21)19(24)20-15(4)14(2)3/h14-17H,5-13H2,1-4H3,(H,20,24). The van der Waals surface area contributed by atoms with Crippen LogP contribution in [-0.2, 0) is 19.4 Å².